The Kier molecular flexibility index (Phi) is 5.45. The van der Waals surface area contributed by atoms with Gasteiger partial charge in [-0.05, 0) is 50.5 Å². The minimum Gasteiger partial charge on any atom is -0.330 e. The van der Waals surface area contributed by atoms with Crippen molar-refractivity contribution in [2.24, 2.45) is 5.73 Å². The van der Waals surface area contributed by atoms with Crippen LogP contribution in [0.5, 0.6) is 0 Å². The molecule has 1 aromatic heterocycles. The summed E-state index contributed by atoms with van der Waals surface area (Å²) in [5, 5.41) is 2.17. The quantitative estimate of drug-likeness (QED) is 0.865. The maximum Gasteiger partial charge on any atom is 0.0328 e. The molecule has 4 heteroatoms. The van der Waals surface area contributed by atoms with Gasteiger partial charge in [-0.1, -0.05) is 6.07 Å². The first kappa shape index (κ1) is 13.0. The zero-order valence-electron chi connectivity index (χ0n) is 10.5. The van der Waals surface area contributed by atoms with E-state index in [0.29, 0.717) is 0 Å². The molecule has 96 valence electrons. The minimum atomic E-state index is 0.815. The van der Waals surface area contributed by atoms with Gasteiger partial charge in [-0.2, -0.15) is 0 Å². The van der Waals surface area contributed by atoms with Crippen molar-refractivity contribution in [2.45, 2.75) is 19.4 Å². The second-order valence-electron chi connectivity index (χ2n) is 4.69. The van der Waals surface area contributed by atoms with Gasteiger partial charge in [0.15, 0.2) is 0 Å². The Labute approximate surface area is 108 Å². The number of rotatable bonds is 5. The molecule has 0 spiro atoms. The van der Waals surface area contributed by atoms with Crippen LogP contribution in [0.15, 0.2) is 17.5 Å². The topological polar surface area (TPSA) is 32.5 Å². The Balaban J connectivity index is 1.75. The van der Waals surface area contributed by atoms with Crippen molar-refractivity contribution in [3.8, 4) is 0 Å². The summed E-state index contributed by atoms with van der Waals surface area (Å²) >= 11 is 1.87. The van der Waals surface area contributed by atoms with Crippen molar-refractivity contribution in [3.63, 3.8) is 0 Å². The molecule has 1 saturated heterocycles. The fourth-order valence-corrected chi connectivity index (χ4v) is 3.09. The van der Waals surface area contributed by atoms with Crippen LogP contribution in [0.3, 0.4) is 0 Å². The Morgan fingerprint density at radius 1 is 1.18 bits per heavy atom. The van der Waals surface area contributed by atoms with Crippen LogP contribution < -0.4 is 5.73 Å². The van der Waals surface area contributed by atoms with Crippen LogP contribution >= 0.6 is 11.3 Å². The first-order chi connectivity index (χ1) is 8.38. The fourth-order valence-electron chi connectivity index (χ4n) is 2.34. The van der Waals surface area contributed by atoms with Crippen LogP contribution in [0.1, 0.15) is 17.7 Å². The van der Waals surface area contributed by atoms with Gasteiger partial charge in [0, 0.05) is 24.5 Å². The van der Waals surface area contributed by atoms with Crippen molar-refractivity contribution >= 4 is 11.3 Å². The van der Waals surface area contributed by atoms with Gasteiger partial charge < -0.3 is 10.6 Å². The molecular formula is C13H23N3S. The summed E-state index contributed by atoms with van der Waals surface area (Å²) in [5.74, 6) is 0. The highest BCUT2D eigenvalue weighted by atomic mass is 32.1. The van der Waals surface area contributed by atoms with Crippen molar-refractivity contribution < 1.29 is 0 Å². The summed E-state index contributed by atoms with van der Waals surface area (Å²) in [6.45, 7) is 7.98. The summed E-state index contributed by atoms with van der Waals surface area (Å²) in [5.41, 5.74) is 5.57. The van der Waals surface area contributed by atoms with Gasteiger partial charge in [-0.3, -0.25) is 4.90 Å². The van der Waals surface area contributed by atoms with Gasteiger partial charge >= 0.3 is 0 Å². The van der Waals surface area contributed by atoms with E-state index in [1.807, 2.05) is 11.3 Å². The highest BCUT2D eigenvalue weighted by molar-refractivity contribution is 7.09. The molecule has 0 aliphatic carbocycles. The Hall–Kier alpha value is -0.420. The van der Waals surface area contributed by atoms with Crippen molar-refractivity contribution in [1.29, 1.82) is 0 Å². The zero-order valence-corrected chi connectivity index (χ0v) is 11.3. The van der Waals surface area contributed by atoms with E-state index in [-0.39, 0.29) is 0 Å². The molecule has 0 unspecified atom stereocenters. The summed E-state index contributed by atoms with van der Waals surface area (Å²) in [6.07, 6.45) is 2.42. The third-order valence-corrected chi connectivity index (χ3v) is 4.18. The molecule has 1 aliphatic heterocycles. The number of hydrogen-bond donors (Lipinski definition) is 1. The molecule has 0 amide bonds. The molecule has 0 radical (unpaired) electrons. The summed E-state index contributed by atoms with van der Waals surface area (Å²) < 4.78 is 0. The van der Waals surface area contributed by atoms with E-state index in [1.165, 1.54) is 44.0 Å². The lowest BCUT2D eigenvalue weighted by Gasteiger charge is -2.21. The van der Waals surface area contributed by atoms with Crippen LogP contribution in [0.25, 0.3) is 0 Å². The minimum absolute atomic E-state index is 0.815. The normalized spacial score (nSPS) is 19.4. The highest BCUT2D eigenvalue weighted by Crippen LogP contribution is 2.13. The molecule has 0 aromatic carbocycles. The second kappa shape index (κ2) is 7.11. The third-order valence-electron chi connectivity index (χ3n) is 3.32. The predicted molar refractivity (Wildman–Crippen MR) is 74.3 cm³/mol. The van der Waals surface area contributed by atoms with Gasteiger partial charge in [0.05, 0.1) is 0 Å². The van der Waals surface area contributed by atoms with Gasteiger partial charge in [0.1, 0.15) is 0 Å². The molecule has 2 N–H and O–H groups in total. The smallest absolute Gasteiger partial charge is 0.0328 e. The van der Waals surface area contributed by atoms with Gasteiger partial charge in [0.25, 0.3) is 0 Å². The lowest BCUT2D eigenvalue weighted by molar-refractivity contribution is 0.252. The standard InChI is InChI=1S/C13H23N3S/c14-5-2-6-15-7-3-8-16(10-9-15)12-13-4-1-11-17-13/h1,4,11H,2-3,5-10,12,14H2. The zero-order chi connectivity index (χ0) is 11.9. The van der Waals surface area contributed by atoms with Crippen LogP contribution in [0.2, 0.25) is 0 Å². The Bertz CT molecular complexity index is 300. The number of thiophene rings is 1. The molecule has 0 bridgehead atoms. The Morgan fingerprint density at radius 3 is 2.76 bits per heavy atom. The molecule has 0 saturated carbocycles. The predicted octanol–water partition coefficient (Wildman–Crippen LogP) is 1.60. The first-order valence-corrected chi connectivity index (χ1v) is 7.43. The van der Waals surface area contributed by atoms with E-state index in [2.05, 4.69) is 27.3 Å². The van der Waals surface area contributed by atoms with E-state index >= 15 is 0 Å². The Morgan fingerprint density at radius 2 is 2.00 bits per heavy atom. The van der Waals surface area contributed by atoms with E-state index in [9.17, 15) is 0 Å². The first-order valence-electron chi connectivity index (χ1n) is 6.55. The monoisotopic (exact) mass is 253 g/mol. The summed E-state index contributed by atoms with van der Waals surface area (Å²) in [4.78, 5) is 6.62. The van der Waals surface area contributed by atoms with Gasteiger partial charge in [-0.25, -0.2) is 0 Å². The van der Waals surface area contributed by atoms with E-state index in [1.54, 1.807) is 0 Å². The molecule has 1 aliphatic rings. The van der Waals surface area contributed by atoms with Crippen molar-refractivity contribution in [2.75, 3.05) is 39.3 Å². The lowest BCUT2D eigenvalue weighted by atomic mass is 10.3. The molecule has 0 atom stereocenters. The molecule has 3 nitrogen and oxygen atoms in total. The summed E-state index contributed by atoms with van der Waals surface area (Å²) in [7, 11) is 0. The molecule has 2 rings (SSSR count). The number of nitrogens with zero attached hydrogens (tertiary/aromatic N) is 2. The van der Waals surface area contributed by atoms with Gasteiger partial charge in [-0.15, -0.1) is 11.3 Å². The molecule has 1 fully saturated rings. The SMILES string of the molecule is NCCCN1CCCN(Cc2cccs2)CC1. The molecule has 17 heavy (non-hydrogen) atoms. The lowest BCUT2D eigenvalue weighted by Crippen LogP contribution is -2.31. The summed E-state index contributed by atoms with van der Waals surface area (Å²) in [6, 6.07) is 4.38. The number of nitrogens with two attached hydrogens (primary N) is 1. The number of hydrogen-bond acceptors (Lipinski definition) is 4. The van der Waals surface area contributed by atoms with Crippen LogP contribution in [-0.2, 0) is 6.54 Å². The average molecular weight is 253 g/mol. The van der Waals surface area contributed by atoms with E-state index in [4.69, 9.17) is 5.73 Å². The van der Waals surface area contributed by atoms with Crippen LogP contribution in [0.4, 0.5) is 0 Å². The molecule has 2 heterocycles. The highest BCUT2D eigenvalue weighted by Gasteiger charge is 2.14. The molecular weight excluding hydrogens is 230 g/mol. The maximum atomic E-state index is 5.57. The van der Waals surface area contributed by atoms with Crippen LogP contribution in [0, 0.1) is 0 Å². The molecule has 1 aromatic rings. The fraction of sp³-hybridized carbons (Fsp3) is 0.692. The maximum absolute atomic E-state index is 5.57. The van der Waals surface area contributed by atoms with Crippen molar-refractivity contribution in [3.05, 3.63) is 22.4 Å². The third kappa shape index (κ3) is 4.39. The second-order valence-corrected chi connectivity index (χ2v) is 5.73. The van der Waals surface area contributed by atoms with Crippen LogP contribution in [-0.4, -0.2) is 49.1 Å². The largest absolute Gasteiger partial charge is 0.330 e. The van der Waals surface area contributed by atoms with E-state index in [0.717, 1.165) is 19.5 Å². The van der Waals surface area contributed by atoms with Gasteiger partial charge in [0.2, 0.25) is 0 Å². The van der Waals surface area contributed by atoms with E-state index < -0.39 is 0 Å². The average Bonchev–Trinajstić information content (AvgIpc) is 2.74. The van der Waals surface area contributed by atoms with Crippen molar-refractivity contribution in [1.82, 2.24) is 9.80 Å².